The maximum atomic E-state index is 12.3. The smallest absolute Gasteiger partial charge is 0.228 e. The molecule has 0 aliphatic carbocycles. The molecule has 1 aliphatic heterocycles. The van der Waals surface area contributed by atoms with Crippen molar-refractivity contribution in [2.24, 2.45) is 5.92 Å². The van der Waals surface area contributed by atoms with Crippen molar-refractivity contribution in [1.82, 2.24) is 4.31 Å². The Balaban J connectivity index is 2.04. The van der Waals surface area contributed by atoms with Gasteiger partial charge in [0.1, 0.15) is 0 Å². The van der Waals surface area contributed by atoms with Crippen molar-refractivity contribution in [2.75, 3.05) is 24.7 Å². The fourth-order valence-electron chi connectivity index (χ4n) is 2.42. The Kier molecular flexibility index (Phi) is 5.06. The van der Waals surface area contributed by atoms with Crippen LogP contribution < -0.4 is 5.32 Å². The van der Waals surface area contributed by atoms with Crippen molar-refractivity contribution in [2.45, 2.75) is 19.8 Å². The van der Waals surface area contributed by atoms with E-state index in [0.29, 0.717) is 19.4 Å². The first-order valence-electron chi connectivity index (χ1n) is 6.79. The summed E-state index contributed by atoms with van der Waals surface area (Å²) in [6.07, 6.45) is 2.61. The number of carbonyl (C=O) groups excluding carboxylic acids is 1. The molecule has 1 saturated heterocycles. The van der Waals surface area contributed by atoms with E-state index in [4.69, 9.17) is 0 Å². The van der Waals surface area contributed by atoms with Crippen molar-refractivity contribution in [3.8, 4) is 0 Å². The molecule has 1 fully saturated rings. The number of halogens is 1. The molecule has 2 rings (SSSR count). The lowest BCUT2D eigenvalue weighted by atomic mass is 9.98. The van der Waals surface area contributed by atoms with E-state index in [9.17, 15) is 13.2 Å². The van der Waals surface area contributed by atoms with Gasteiger partial charge in [0.25, 0.3) is 0 Å². The second kappa shape index (κ2) is 6.46. The van der Waals surface area contributed by atoms with Crippen LogP contribution >= 0.6 is 15.9 Å². The van der Waals surface area contributed by atoms with Crippen LogP contribution in [0.3, 0.4) is 0 Å². The number of piperidine rings is 1. The van der Waals surface area contributed by atoms with Crippen molar-refractivity contribution in [3.63, 3.8) is 0 Å². The summed E-state index contributed by atoms with van der Waals surface area (Å²) in [5.41, 5.74) is 1.77. The van der Waals surface area contributed by atoms with E-state index >= 15 is 0 Å². The largest absolute Gasteiger partial charge is 0.326 e. The summed E-state index contributed by atoms with van der Waals surface area (Å²) in [5.74, 6) is -0.414. The predicted molar refractivity (Wildman–Crippen MR) is 86.6 cm³/mol. The van der Waals surface area contributed by atoms with Gasteiger partial charge >= 0.3 is 0 Å². The zero-order valence-corrected chi connectivity index (χ0v) is 14.5. The lowest BCUT2D eigenvalue weighted by Gasteiger charge is -2.30. The van der Waals surface area contributed by atoms with Crippen molar-refractivity contribution < 1.29 is 13.2 Å². The lowest BCUT2D eigenvalue weighted by molar-refractivity contribution is -0.120. The number of aryl methyl sites for hydroxylation is 1. The summed E-state index contributed by atoms with van der Waals surface area (Å²) >= 11 is 3.42. The quantitative estimate of drug-likeness (QED) is 0.882. The SMILES string of the molecule is Cc1cc(NC(=O)[C@@H]2CCCN(S(C)(=O)=O)C2)ccc1Br. The van der Waals surface area contributed by atoms with Crippen LogP contribution in [-0.4, -0.2) is 38.0 Å². The van der Waals surface area contributed by atoms with Crippen LogP contribution in [0.5, 0.6) is 0 Å². The van der Waals surface area contributed by atoms with Crippen LogP contribution in [0.2, 0.25) is 0 Å². The van der Waals surface area contributed by atoms with Gasteiger partial charge in [-0.2, -0.15) is 0 Å². The monoisotopic (exact) mass is 374 g/mol. The van der Waals surface area contributed by atoms with Gasteiger partial charge in [0.05, 0.1) is 12.2 Å². The highest BCUT2D eigenvalue weighted by molar-refractivity contribution is 9.10. The molecule has 1 aliphatic rings. The fraction of sp³-hybridized carbons (Fsp3) is 0.500. The highest BCUT2D eigenvalue weighted by Gasteiger charge is 2.30. The van der Waals surface area contributed by atoms with Gasteiger partial charge in [0, 0.05) is 23.2 Å². The number of rotatable bonds is 3. The Hall–Kier alpha value is -0.920. The molecular formula is C14H19BrN2O3S. The normalized spacial score (nSPS) is 20.2. The minimum absolute atomic E-state index is 0.120. The molecule has 5 nitrogen and oxygen atoms in total. The maximum absolute atomic E-state index is 12.3. The van der Waals surface area contributed by atoms with Gasteiger partial charge in [-0.3, -0.25) is 4.79 Å². The summed E-state index contributed by atoms with van der Waals surface area (Å²) in [7, 11) is -3.23. The number of anilines is 1. The van der Waals surface area contributed by atoms with E-state index in [1.54, 1.807) is 0 Å². The van der Waals surface area contributed by atoms with E-state index in [1.807, 2.05) is 25.1 Å². The van der Waals surface area contributed by atoms with Crippen LogP contribution in [0, 0.1) is 12.8 Å². The van der Waals surface area contributed by atoms with Gasteiger partial charge in [-0.15, -0.1) is 0 Å². The molecule has 1 amide bonds. The standard InChI is InChI=1S/C14H19BrN2O3S/c1-10-8-12(5-6-13(10)15)16-14(18)11-4-3-7-17(9-11)21(2,19)20/h5-6,8,11H,3-4,7,9H2,1-2H3,(H,16,18)/t11-/m1/s1. The summed E-state index contributed by atoms with van der Waals surface area (Å²) in [6.45, 7) is 2.71. The van der Waals surface area contributed by atoms with Crippen LogP contribution in [0.25, 0.3) is 0 Å². The van der Waals surface area contributed by atoms with Gasteiger partial charge < -0.3 is 5.32 Å². The van der Waals surface area contributed by atoms with E-state index in [1.165, 1.54) is 10.6 Å². The number of benzene rings is 1. The Morgan fingerprint density at radius 2 is 2.14 bits per heavy atom. The number of nitrogens with one attached hydrogen (secondary N) is 1. The topological polar surface area (TPSA) is 66.5 Å². The summed E-state index contributed by atoms with van der Waals surface area (Å²) in [4.78, 5) is 12.3. The van der Waals surface area contributed by atoms with Gasteiger partial charge in [-0.1, -0.05) is 15.9 Å². The summed E-state index contributed by atoms with van der Waals surface area (Å²) in [5, 5.41) is 2.87. The van der Waals surface area contributed by atoms with Gasteiger partial charge in [0.2, 0.25) is 15.9 Å². The molecule has 0 aromatic heterocycles. The van der Waals surface area contributed by atoms with Crippen LogP contribution in [0.15, 0.2) is 22.7 Å². The minimum atomic E-state index is -3.23. The summed E-state index contributed by atoms with van der Waals surface area (Å²) < 4.78 is 25.5. The number of carbonyl (C=O) groups is 1. The Labute approximate surface area is 133 Å². The first kappa shape index (κ1) is 16.5. The van der Waals surface area contributed by atoms with Crippen molar-refractivity contribution in [1.29, 1.82) is 0 Å². The number of amides is 1. The van der Waals surface area contributed by atoms with Crippen molar-refractivity contribution in [3.05, 3.63) is 28.2 Å². The van der Waals surface area contributed by atoms with E-state index in [0.717, 1.165) is 15.7 Å². The zero-order chi connectivity index (χ0) is 15.6. The first-order chi connectivity index (χ1) is 9.77. The lowest BCUT2D eigenvalue weighted by Crippen LogP contribution is -2.43. The number of hydrogen-bond acceptors (Lipinski definition) is 3. The molecule has 0 radical (unpaired) electrons. The molecule has 0 bridgehead atoms. The number of hydrogen-bond donors (Lipinski definition) is 1. The van der Waals surface area contributed by atoms with E-state index in [2.05, 4.69) is 21.2 Å². The number of nitrogens with zero attached hydrogens (tertiary/aromatic N) is 1. The van der Waals surface area contributed by atoms with Gasteiger partial charge in [-0.25, -0.2) is 12.7 Å². The molecule has 7 heteroatoms. The van der Waals surface area contributed by atoms with Crippen molar-refractivity contribution >= 4 is 37.5 Å². The predicted octanol–water partition coefficient (Wildman–Crippen LogP) is 2.37. The third kappa shape index (κ3) is 4.28. The second-order valence-corrected chi connectivity index (χ2v) is 8.25. The molecule has 0 saturated carbocycles. The minimum Gasteiger partial charge on any atom is -0.326 e. The molecule has 1 heterocycles. The average molecular weight is 375 g/mol. The van der Waals surface area contributed by atoms with Gasteiger partial charge in [0.15, 0.2) is 0 Å². The zero-order valence-electron chi connectivity index (χ0n) is 12.1. The maximum Gasteiger partial charge on any atom is 0.228 e. The highest BCUT2D eigenvalue weighted by atomic mass is 79.9. The Bertz CT molecular complexity index is 646. The molecule has 116 valence electrons. The fourth-order valence-corrected chi connectivity index (χ4v) is 3.58. The molecule has 1 aromatic rings. The molecule has 0 unspecified atom stereocenters. The molecular weight excluding hydrogens is 356 g/mol. The van der Waals surface area contributed by atoms with Crippen LogP contribution in [-0.2, 0) is 14.8 Å². The third-order valence-corrected chi connectivity index (χ3v) is 5.81. The van der Waals surface area contributed by atoms with Crippen LogP contribution in [0.1, 0.15) is 18.4 Å². The van der Waals surface area contributed by atoms with Gasteiger partial charge in [-0.05, 0) is 43.5 Å². The van der Waals surface area contributed by atoms with E-state index in [-0.39, 0.29) is 18.4 Å². The Morgan fingerprint density at radius 1 is 1.43 bits per heavy atom. The van der Waals surface area contributed by atoms with E-state index < -0.39 is 10.0 Å². The number of sulfonamides is 1. The average Bonchev–Trinajstić information content (AvgIpc) is 2.42. The van der Waals surface area contributed by atoms with Crippen LogP contribution in [0.4, 0.5) is 5.69 Å². The second-order valence-electron chi connectivity index (χ2n) is 5.41. The molecule has 1 N–H and O–H groups in total. The molecule has 1 atom stereocenters. The highest BCUT2D eigenvalue weighted by Crippen LogP contribution is 2.23. The molecule has 21 heavy (non-hydrogen) atoms. The Morgan fingerprint density at radius 3 is 2.76 bits per heavy atom. The first-order valence-corrected chi connectivity index (χ1v) is 9.43. The third-order valence-electron chi connectivity index (χ3n) is 3.65. The summed E-state index contributed by atoms with van der Waals surface area (Å²) in [6, 6.07) is 5.60. The molecule has 0 spiro atoms. The molecule has 1 aromatic carbocycles.